The first-order valence-electron chi connectivity index (χ1n) is 6.56. The van der Waals surface area contributed by atoms with Crippen LogP contribution in [0.5, 0.6) is 0 Å². The second-order valence-electron chi connectivity index (χ2n) is 4.33. The van der Waals surface area contributed by atoms with E-state index in [9.17, 15) is 5.26 Å². The van der Waals surface area contributed by atoms with Crippen LogP contribution >= 0.6 is 0 Å². The zero-order valence-corrected chi connectivity index (χ0v) is 12.9. The second kappa shape index (κ2) is 8.72. The predicted molar refractivity (Wildman–Crippen MR) is 81.3 cm³/mol. The van der Waals surface area contributed by atoms with E-state index in [2.05, 4.69) is 35.2 Å². The summed E-state index contributed by atoms with van der Waals surface area (Å²) in [6.45, 7) is 0. The van der Waals surface area contributed by atoms with Crippen molar-refractivity contribution in [2.45, 2.75) is 17.8 Å². The van der Waals surface area contributed by atoms with E-state index in [1.54, 1.807) is 0 Å². The van der Waals surface area contributed by atoms with E-state index in [0.717, 1.165) is 10.9 Å². The first-order chi connectivity index (χ1) is 9.90. The van der Waals surface area contributed by atoms with Crippen LogP contribution in [0.4, 0.5) is 0 Å². The van der Waals surface area contributed by atoms with Crippen molar-refractivity contribution in [3.63, 3.8) is 0 Å². The molecule has 0 aliphatic rings. The van der Waals surface area contributed by atoms with E-state index in [1.165, 1.54) is 4.46 Å². The Labute approximate surface area is 126 Å². The molecule has 0 N–H and O–H groups in total. The fraction of sp³-hybridized carbons (Fsp3) is 0.176. The Morgan fingerprint density at radius 3 is 2.25 bits per heavy atom. The van der Waals surface area contributed by atoms with Crippen LogP contribution in [0.1, 0.15) is 18.1 Å². The molecule has 2 rings (SSSR count). The number of hydrogen-bond acceptors (Lipinski definition) is 1. The van der Waals surface area contributed by atoms with E-state index < -0.39 is 6.10 Å². The molecule has 1 atom stereocenters. The molecule has 0 saturated heterocycles. The molecule has 0 aliphatic heterocycles. The van der Waals surface area contributed by atoms with Crippen molar-refractivity contribution in [1.82, 2.24) is 0 Å². The second-order valence-corrected chi connectivity index (χ2v) is 6.62. The first kappa shape index (κ1) is 15.0. The van der Waals surface area contributed by atoms with E-state index in [1.807, 2.05) is 42.5 Å². The van der Waals surface area contributed by atoms with Crippen LogP contribution in [0.2, 0.25) is 5.32 Å². The van der Waals surface area contributed by atoms with Crippen LogP contribution < -0.4 is 4.46 Å². The summed E-state index contributed by atoms with van der Waals surface area (Å²) in [4.78, 5) is 4.31. The molecule has 2 aromatic carbocycles. The number of hydrogen-bond donors (Lipinski definition) is 0. The van der Waals surface area contributed by atoms with Gasteiger partial charge in [-0.2, -0.15) is 0 Å². The van der Waals surface area contributed by atoms with Gasteiger partial charge in [-0.15, -0.1) is 0 Å². The molecule has 0 saturated carbocycles. The minimum atomic E-state index is -0.392. The van der Waals surface area contributed by atoms with Gasteiger partial charge in [0.25, 0.3) is 0 Å². The third-order valence-electron chi connectivity index (χ3n) is 2.89. The third kappa shape index (κ3) is 4.95. The van der Waals surface area contributed by atoms with Gasteiger partial charge in [-0.3, -0.25) is 0 Å². The molecule has 0 spiro atoms. The molecule has 0 aliphatic carbocycles. The van der Waals surface area contributed by atoms with Crippen molar-refractivity contribution in [2.24, 2.45) is 0 Å². The van der Waals surface area contributed by atoms with Crippen molar-refractivity contribution < 1.29 is 10.1 Å². The van der Waals surface area contributed by atoms with Crippen molar-refractivity contribution in [3.05, 3.63) is 78.4 Å². The van der Waals surface area contributed by atoms with Gasteiger partial charge in [0.1, 0.15) is 0 Å². The summed E-state index contributed by atoms with van der Waals surface area (Å²) in [5.41, 5.74) is 0.931. The van der Waals surface area contributed by atoms with Crippen molar-refractivity contribution in [3.8, 4) is 0 Å². The average Bonchev–Trinajstić information content (AvgIpc) is 2.53. The molecule has 0 heterocycles. The Bertz CT molecular complexity index is 511. The van der Waals surface area contributed by atoms with Crippen molar-refractivity contribution in [1.29, 1.82) is 0 Å². The van der Waals surface area contributed by atoms with Crippen LogP contribution in [0.3, 0.4) is 0 Å². The summed E-state index contributed by atoms with van der Waals surface area (Å²) in [5, 5.41) is 11.8. The molecule has 0 amide bonds. The maximum absolute atomic E-state index is 10.8. The molecule has 103 valence electrons. The molecule has 0 unspecified atom stereocenters. The van der Waals surface area contributed by atoms with Crippen LogP contribution in [-0.2, 0) is 10.1 Å². The fourth-order valence-corrected chi connectivity index (χ4v) is 3.47. The van der Waals surface area contributed by atoms with Gasteiger partial charge in [0, 0.05) is 0 Å². The van der Waals surface area contributed by atoms with Crippen LogP contribution in [-0.4, -0.2) is 15.0 Å². The summed E-state index contributed by atoms with van der Waals surface area (Å²) in [6.07, 6.45) is 4.41. The summed E-state index contributed by atoms with van der Waals surface area (Å²) in [5.74, 6) is 0. The topological polar surface area (TPSA) is 29.1 Å². The maximum atomic E-state index is 10.8. The van der Waals surface area contributed by atoms with Crippen LogP contribution in [0, 0.1) is 0 Å². The fourth-order valence-electron chi connectivity index (χ4n) is 1.85. The standard InChI is InChI=1S/C17H17O2Se/c18-19-17(15-9-3-1-4-10-15)13-7-8-14-20-16-11-5-2-6-12-16/h1-12,17H,13-14H2/b8-7+/t17-/m0/s1. The SMILES string of the molecule is [O]O[C@@H](C/C=C/C[Se]c1ccccc1)c1ccccc1. The van der Waals surface area contributed by atoms with E-state index in [0.29, 0.717) is 21.4 Å². The summed E-state index contributed by atoms with van der Waals surface area (Å²) >= 11 is 0.457. The normalized spacial score (nSPS) is 12.7. The van der Waals surface area contributed by atoms with Crippen molar-refractivity contribution in [2.75, 3.05) is 0 Å². The molecule has 2 aromatic rings. The van der Waals surface area contributed by atoms with Gasteiger partial charge in [-0.1, -0.05) is 0 Å². The van der Waals surface area contributed by atoms with E-state index >= 15 is 0 Å². The molecule has 3 heteroatoms. The number of rotatable bonds is 7. The van der Waals surface area contributed by atoms with Gasteiger partial charge in [0.15, 0.2) is 0 Å². The van der Waals surface area contributed by atoms with Gasteiger partial charge in [0.2, 0.25) is 0 Å². The molecule has 20 heavy (non-hydrogen) atoms. The first-order valence-corrected chi connectivity index (χ1v) is 8.63. The van der Waals surface area contributed by atoms with Crippen molar-refractivity contribution >= 4 is 19.4 Å². The Morgan fingerprint density at radius 1 is 0.950 bits per heavy atom. The van der Waals surface area contributed by atoms with Gasteiger partial charge in [-0.25, -0.2) is 0 Å². The predicted octanol–water partition coefficient (Wildman–Crippen LogP) is 3.48. The average molecular weight is 332 g/mol. The molecule has 0 bridgehead atoms. The Morgan fingerprint density at radius 2 is 1.60 bits per heavy atom. The molecular weight excluding hydrogens is 315 g/mol. The minimum absolute atomic E-state index is 0.392. The summed E-state index contributed by atoms with van der Waals surface area (Å²) in [7, 11) is 0. The molecule has 0 fully saturated rings. The van der Waals surface area contributed by atoms with Gasteiger partial charge in [-0.05, 0) is 0 Å². The zero-order chi connectivity index (χ0) is 14.0. The van der Waals surface area contributed by atoms with Gasteiger partial charge >= 0.3 is 126 Å². The summed E-state index contributed by atoms with van der Waals surface area (Å²) < 4.78 is 1.39. The Hall–Kier alpha value is -1.38. The quantitative estimate of drug-likeness (QED) is 0.330. The zero-order valence-electron chi connectivity index (χ0n) is 11.1. The Balaban J connectivity index is 1.77. The van der Waals surface area contributed by atoms with Gasteiger partial charge < -0.3 is 0 Å². The monoisotopic (exact) mass is 333 g/mol. The summed E-state index contributed by atoms with van der Waals surface area (Å²) in [6, 6.07) is 20.1. The van der Waals surface area contributed by atoms with E-state index in [4.69, 9.17) is 0 Å². The van der Waals surface area contributed by atoms with Gasteiger partial charge in [0.05, 0.1) is 0 Å². The number of benzene rings is 2. The van der Waals surface area contributed by atoms with Crippen LogP contribution in [0.25, 0.3) is 0 Å². The molecule has 1 radical (unpaired) electrons. The van der Waals surface area contributed by atoms with Crippen LogP contribution in [0.15, 0.2) is 72.8 Å². The third-order valence-corrected chi connectivity index (χ3v) is 4.92. The van der Waals surface area contributed by atoms with E-state index in [-0.39, 0.29) is 0 Å². The Kier molecular flexibility index (Phi) is 6.55. The number of allylic oxidation sites excluding steroid dienone is 1. The molecule has 0 aromatic heterocycles. The molecule has 2 nitrogen and oxygen atoms in total. The molecular formula is C17H17O2Se.